The van der Waals surface area contributed by atoms with Crippen LogP contribution in [0, 0.1) is 0 Å². The smallest absolute Gasteiger partial charge is 0.349 e. The standard InChI is InChI=1S/C25H27NO7/c1-25(2,3)17-6-9-18(10-7-17)31-15-22(27)32-19-8-5-16-13-20(23(28)26-11-12-30-4)24(29)33-21(16)14-19/h5-10,13-14H,11-12,15H2,1-4H3,(H,26,28). The number of esters is 1. The first-order valence-corrected chi connectivity index (χ1v) is 10.5. The molecular weight excluding hydrogens is 426 g/mol. The summed E-state index contributed by atoms with van der Waals surface area (Å²) in [5, 5.41) is 3.09. The molecule has 8 heteroatoms. The van der Waals surface area contributed by atoms with Crippen molar-refractivity contribution >= 4 is 22.8 Å². The Morgan fingerprint density at radius 2 is 1.70 bits per heavy atom. The van der Waals surface area contributed by atoms with Gasteiger partial charge in [0.05, 0.1) is 6.61 Å². The van der Waals surface area contributed by atoms with E-state index in [1.165, 1.54) is 19.2 Å². The Balaban J connectivity index is 1.63. The first-order chi connectivity index (χ1) is 15.7. The lowest BCUT2D eigenvalue weighted by atomic mass is 9.87. The Morgan fingerprint density at radius 3 is 2.36 bits per heavy atom. The molecule has 8 nitrogen and oxygen atoms in total. The summed E-state index contributed by atoms with van der Waals surface area (Å²) in [5.74, 6) is -0.406. The first kappa shape index (κ1) is 24.0. The molecule has 0 fully saturated rings. The number of fused-ring (bicyclic) bond motifs is 1. The van der Waals surface area contributed by atoms with Crippen molar-refractivity contribution in [2.45, 2.75) is 26.2 Å². The molecule has 174 valence electrons. The largest absolute Gasteiger partial charge is 0.482 e. The summed E-state index contributed by atoms with van der Waals surface area (Å²) in [5.41, 5.74) is 0.470. The lowest BCUT2D eigenvalue weighted by Gasteiger charge is -2.19. The maximum absolute atomic E-state index is 12.2. The predicted molar refractivity (Wildman–Crippen MR) is 123 cm³/mol. The van der Waals surface area contributed by atoms with E-state index in [-0.39, 0.29) is 35.5 Å². The third-order valence-corrected chi connectivity index (χ3v) is 4.85. The van der Waals surface area contributed by atoms with E-state index in [0.29, 0.717) is 17.7 Å². The molecule has 0 atom stereocenters. The fourth-order valence-corrected chi connectivity index (χ4v) is 3.03. The van der Waals surface area contributed by atoms with Crippen molar-refractivity contribution in [2.24, 2.45) is 0 Å². The first-order valence-electron chi connectivity index (χ1n) is 10.5. The highest BCUT2D eigenvalue weighted by atomic mass is 16.6. The molecule has 0 aliphatic rings. The van der Waals surface area contributed by atoms with Crippen LogP contribution >= 0.6 is 0 Å². The maximum Gasteiger partial charge on any atom is 0.349 e. The molecule has 1 amide bonds. The average Bonchev–Trinajstić information content (AvgIpc) is 2.77. The van der Waals surface area contributed by atoms with Crippen LogP contribution in [0.25, 0.3) is 11.0 Å². The SMILES string of the molecule is COCCNC(=O)c1cc2ccc(OC(=O)COc3ccc(C(C)(C)C)cc3)cc2oc1=O. The number of benzene rings is 2. The molecule has 0 spiro atoms. The molecular formula is C25H27NO7. The number of hydrogen-bond donors (Lipinski definition) is 1. The molecule has 1 heterocycles. The number of methoxy groups -OCH3 is 1. The van der Waals surface area contributed by atoms with Gasteiger partial charge >= 0.3 is 11.6 Å². The van der Waals surface area contributed by atoms with Gasteiger partial charge in [0.15, 0.2) is 6.61 Å². The van der Waals surface area contributed by atoms with Crippen LogP contribution in [0.15, 0.2) is 57.7 Å². The lowest BCUT2D eigenvalue weighted by Crippen LogP contribution is -2.30. The zero-order valence-electron chi connectivity index (χ0n) is 19.1. The van der Waals surface area contributed by atoms with E-state index < -0.39 is 17.5 Å². The Kier molecular flexibility index (Phi) is 7.50. The van der Waals surface area contributed by atoms with Gasteiger partial charge in [0, 0.05) is 25.1 Å². The van der Waals surface area contributed by atoms with Crippen LogP contribution in [0.1, 0.15) is 36.7 Å². The van der Waals surface area contributed by atoms with Crippen molar-refractivity contribution in [3.63, 3.8) is 0 Å². The summed E-state index contributed by atoms with van der Waals surface area (Å²) in [4.78, 5) is 36.5. The zero-order chi connectivity index (χ0) is 24.0. The van der Waals surface area contributed by atoms with E-state index >= 15 is 0 Å². The number of nitrogens with one attached hydrogen (secondary N) is 1. The van der Waals surface area contributed by atoms with Crippen molar-refractivity contribution < 1.29 is 28.2 Å². The quantitative estimate of drug-likeness (QED) is 0.241. The number of carbonyl (C=O) groups is 2. The summed E-state index contributed by atoms with van der Waals surface area (Å²) in [6.45, 7) is 6.66. The molecule has 0 unspecified atom stereocenters. The van der Waals surface area contributed by atoms with E-state index in [9.17, 15) is 14.4 Å². The summed E-state index contributed by atoms with van der Waals surface area (Å²) in [6.07, 6.45) is 0. The van der Waals surface area contributed by atoms with E-state index in [1.807, 2.05) is 24.3 Å². The second-order valence-corrected chi connectivity index (χ2v) is 8.43. The van der Waals surface area contributed by atoms with Crippen molar-refractivity contribution in [1.29, 1.82) is 0 Å². The van der Waals surface area contributed by atoms with Gasteiger partial charge in [-0.15, -0.1) is 0 Å². The highest BCUT2D eigenvalue weighted by Crippen LogP contribution is 2.24. The van der Waals surface area contributed by atoms with Crippen molar-refractivity contribution in [1.82, 2.24) is 5.32 Å². The Hall–Kier alpha value is -3.65. The topological polar surface area (TPSA) is 104 Å². The molecule has 1 N–H and O–H groups in total. The Bertz CT molecular complexity index is 1190. The van der Waals surface area contributed by atoms with Gasteiger partial charge in [-0.05, 0) is 41.3 Å². The predicted octanol–water partition coefficient (Wildman–Crippen LogP) is 3.45. The lowest BCUT2D eigenvalue weighted by molar-refractivity contribution is -0.136. The normalized spacial score (nSPS) is 11.3. The van der Waals surface area contributed by atoms with Gasteiger partial charge in [-0.3, -0.25) is 4.79 Å². The van der Waals surface area contributed by atoms with E-state index in [2.05, 4.69) is 26.1 Å². The molecule has 33 heavy (non-hydrogen) atoms. The molecule has 3 rings (SSSR count). The highest BCUT2D eigenvalue weighted by Gasteiger charge is 2.15. The average molecular weight is 453 g/mol. The van der Waals surface area contributed by atoms with Gasteiger partial charge in [-0.25, -0.2) is 9.59 Å². The second kappa shape index (κ2) is 10.3. The van der Waals surface area contributed by atoms with E-state index in [0.717, 1.165) is 5.56 Å². The molecule has 3 aromatic rings. The fraction of sp³-hybridized carbons (Fsp3) is 0.320. The summed E-state index contributed by atoms with van der Waals surface area (Å²) in [6, 6.07) is 13.5. The van der Waals surface area contributed by atoms with Gasteiger partial charge < -0.3 is 23.9 Å². The number of carbonyl (C=O) groups excluding carboxylic acids is 2. The molecule has 2 aromatic carbocycles. The Morgan fingerprint density at radius 1 is 1.00 bits per heavy atom. The summed E-state index contributed by atoms with van der Waals surface area (Å²) < 4.78 is 20.9. The number of ether oxygens (including phenoxy) is 3. The Labute approximate surface area is 191 Å². The van der Waals surface area contributed by atoms with Crippen molar-refractivity contribution in [2.75, 3.05) is 26.9 Å². The van der Waals surface area contributed by atoms with Crippen LogP contribution in [-0.4, -0.2) is 38.7 Å². The molecule has 1 aromatic heterocycles. The minimum absolute atomic E-state index is 0.0249. The van der Waals surface area contributed by atoms with Crippen LogP contribution < -0.4 is 20.4 Å². The molecule has 0 saturated carbocycles. The summed E-state index contributed by atoms with van der Waals surface area (Å²) >= 11 is 0. The van der Waals surface area contributed by atoms with Crippen molar-refractivity contribution in [3.8, 4) is 11.5 Å². The van der Waals surface area contributed by atoms with E-state index in [1.54, 1.807) is 12.1 Å². The van der Waals surface area contributed by atoms with Crippen LogP contribution in [0.5, 0.6) is 11.5 Å². The summed E-state index contributed by atoms with van der Waals surface area (Å²) in [7, 11) is 1.51. The van der Waals surface area contributed by atoms with Gasteiger partial charge in [-0.2, -0.15) is 0 Å². The highest BCUT2D eigenvalue weighted by molar-refractivity contribution is 5.96. The van der Waals surface area contributed by atoms with Crippen LogP contribution in [0.4, 0.5) is 0 Å². The molecule has 0 bridgehead atoms. The maximum atomic E-state index is 12.2. The van der Waals surface area contributed by atoms with Gasteiger partial charge in [0.25, 0.3) is 5.91 Å². The van der Waals surface area contributed by atoms with E-state index in [4.69, 9.17) is 18.6 Å². The number of amides is 1. The molecule has 0 aliphatic heterocycles. The monoisotopic (exact) mass is 453 g/mol. The molecule has 0 aliphatic carbocycles. The van der Waals surface area contributed by atoms with Crippen molar-refractivity contribution in [3.05, 3.63) is 70.1 Å². The second-order valence-electron chi connectivity index (χ2n) is 8.43. The minimum atomic E-state index is -0.789. The van der Waals surface area contributed by atoms with Crippen LogP contribution in [0.3, 0.4) is 0 Å². The zero-order valence-corrected chi connectivity index (χ0v) is 19.1. The van der Waals surface area contributed by atoms with Gasteiger partial charge in [0.2, 0.25) is 0 Å². The van der Waals surface area contributed by atoms with Gasteiger partial charge in [-0.1, -0.05) is 32.9 Å². The number of hydrogen-bond acceptors (Lipinski definition) is 7. The van der Waals surface area contributed by atoms with Crippen LogP contribution in [-0.2, 0) is 14.9 Å². The third kappa shape index (κ3) is 6.43. The fourth-order valence-electron chi connectivity index (χ4n) is 3.03. The molecule has 0 saturated heterocycles. The third-order valence-electron chi connectivity index (χ3n) is 4.85. The minimum Gasteiger partial charge on any atom is -0.482 e. The van der Waals surface area contributed by atoms with Gasteiger partial charge in [0.1, 0.15) is 22.6 Å². The number of rotatable bonds is 8. The molecule has 0 radical (unpaired) electrons. The van der Waals surface area contributed by atoms with Crippen LogP contribution in [0.2, 0.25) is 0 Å².